The van der Waals surface area contributed by atoms with E-state index in [1.165, 1.54) is 4.90 Å². The van der Waals surface area contributed by atoms with Crippen molar-refractivity contribution in [3.05, 3.63) is 64.6 Å². The van der Waals surface area contributed by atoms with Crippen molar-refractivity contribution in [1.82, 2.24) is 10.2 Å². The molecule has 7 nitrogen and oxygen atoms in total. The second-order valence-electron chi connectivity index (χ2n) is 7.59. The lowest BCUT2D eigenvalue weighted by molar-refractivity contribution is -0.139. The fourth-order valence-electron chi connectivity index (χ4n) is 2.98. The highest BCUT2D eigenvalue weighted by atomic mass is 79.9. The van der Waals surface area contributed by atoms with Crippen LogP contribution in [0.15, 0.2) is 59.1 Å². The van der Waals surface area contributed by atoms with Gasteiger partial charge in [-0.05, 0) is 50.6 Å². The fraction of sp³-hybridized carbons (Fsp3) is 0.364. The van der Waals surface area contributed by atoms with E-state index in [1.807, 2.05) is 38.1 Å². The lowest BCUT2D eigenvalue weighted by Crippen LogP contribution is -2.52. The molecule has 168 valence electrons. The quantitative estimate of drug-likeness (QED) is 0.562. The summed E-state index contributed by atoms with van der Waals surface area (Å²) in [6.07, 6.45) is 1.06. The molecule has 1 atom stereocenters. The Hall–Kier alpha value is -2.39. The normalized spacial score (nSPS) is 12.3. The van der Waals surface area contributed by atoms with Crippen molar-refractivity contribution < 1.29 is 18.0 Å². The Morgan fingerprint density at radius 2 is 1.58 bits per heavy atom. The highest BCUT2D eigenvalue weighted by Gasteiger charge is 2.30. The Balaban J connectivity index is 2.35. The van der Waals surface area contributed by atoms with Crippen LogP contribution in [0.25, 0.3) is 0 Å². The van der Waals surface area contributed by atoms with Gasteiger partial charge in [-0.3, -0.25) is 13.9 Å². The van der Waals surface area contributed by atoms with Crippen LogP contribution in [-0.2, 0) is 26.2 Å². The summed E-state index contributed by atoms with van der Waals surface area (Å²) >= 11 is 3.38. The summed E-state index contributed by atoms with van der Waals surface area (Å²) in [6.45, 7) is 5.09. The summed E-state index contributed by atoms with van der Waals surface area (Å²) in [6, 6.07) is 15.0. The molecule has 2 rings (SSSR count). The fourth-order valence-corrected chi connectivity index (χ4v) is 4.10. The number of nitrogens with zero attached hydrogens (tertiary/aromatic N) is 2. The highest BCUT2D eigenvalue weighted by Crippen LogP contribution is 2.19. The van der Waals surface area contributed by atoms with Gasteiger partial charge in [-0.25, -0.2) is 8.42 Å². The van der Waals surface area contributed by atoms with E-state index in [0.717, 1.165) is 20.6 Å². The second-order valence-corrected chi connectivity index (χ2v) is 10.4. The first-order chi connectivity index (χ1) is 14.5. The highest BCUT2D eigenvalue weighted by molar-refractivity contribution is 9.10. The lowest BCUT2D eigenvalue weighted by Gasteiger charge is -2.31. The van der Waals surface area contributed by atoms with Crippen molar-refractivity contribution in [2.75, 3.05) is 17.1 Å². The van der Waals surface area contributed by atoms with Gasteiger partial charge < -0.3 is 10.2 Å². The van der Waals surface area contributed by atoms with Crippen molar-refractivity contribution in [2.24, 2.45) is 0 Å². The smallest absolute Gasteiger partial charge is 0.244 e. The number of carbonyl (C=O) groups is 2. The molecule has 0 bridgehead atoms. The number of sulfonamides is 1. The Morgan fingerprint density at radius 3 is 2.10 bits per heavy atom. The van der Waals surface area contributed by atoms with Gasteiger partial charge in [0.25, 0.3) is 0 Å². The maximum Gasteiger partial charge on any atom is 0.244 e. The van der Waals surface area contributed by atoms with E-state index in [4.69, 9.17) is 0 Å². The first-order valence-electron chi connectivity index (χ1n) is 9.86. The molecule has 0 aliphatic carbocycles. The molecule has 0 heterocycles. The van der Waals surface area contributed by atoms with Crippen molar-refractivity contribution in [1.29, 1.82) is 0 Å². The van der Waals surface area contributed by atoms with Crippen LogP contribution in [-0.4, -0.2) is 50.0 Å². The number of carbonyl (C=O) groups excluding carboxylic acids is 2. The number of nitrogens with one attached hydrogen (secondary N) is 1. The molecule has 0 radical (unpaired) electrons. The minimum Gasteiger partial charge on any atom is -0.352 e. The predicted molar refractivity (Wildman–Crippen MR) is 126 cm³/mol. The molecule has 0 spiro atoms. The minimum atomic E-state index is -3.71. The van der Waals surface area contributed by atoms with Gasteiger partial charge in [0.1, 0.15) is 12.6 Å². The van der Waals surface area contributed by atoms with Crippen LogP contribution in [0.1, 0.15) is 26.3 Å². The van der Waals surface area contributed by atoms with Crippen LogP contribution in [0.3, 0.4) is 0 Å². The van der Waals surface area contributed by atoms with E-state index in [2.05, 4.69) is 21.2 Å². The number of hydrogen-bond donors (Lipinski definition) is 1. The summed E-state index contributed by atoms with van der Waals surface area (Å²) in [7, 11) is -3.71. The molecule has 0 aromatic heterocycles. The summed E-state index contributed by atoms with van der Waals surface area (Å²) in [5.74, 6) is -0.769. The summed E-state index contributed by atoms with van der Waals surface area (Å²) in [5.41, 5.74) is 1.22. The van der Waals surface area contributed by atoms with Crippen LogP contribution < -0.4 is 9.62 Å². The van der Waals surface area contributed by atoms with Crippen molar-refractivity contribution in [2.45, 2.75) is 39.4 Å². The zero-order valence-electron chi connectivity index (χ0n) is 18.1. The van der Waals surface area contributed by atoms with Gasteiger partial charge in [0.05, 0.1) is 11.9 Å². The molecule has 0 fully saturated rings. The number of hydrogen-bond acceptors (Lipinski definition) is 4. The summed E-state index contributed by atoms with van der Waals surface area (Å²) < 4.78 is 26.8. The van der Waals surface area contributed by atoms with Crippen LogP contribution in [0.4, 0.5) is 5.69 Å². The number of para-hydroxylation sites is 1. The van der Waals surface area contributed by atoms with E-state index in [1.54, 1.807) is 37.3 Å². The molecule has 1 N–H and O–H groups in total. The molecule has 2 aromatic carbocycles. The average Bonchev–Trinajstić information content (AvgIpc) is 2.70. The molecule has 31 heavy (non-hydrogen) atoms. The molecule has 0 saturated heterocycles. The number of halogens is 1. The molecule has 9 heteroatoms. The summed E-state index contributed by atoms with van der Waals surface area (Å²) in [5, 5.41) is 2.82. The largest absolute Gasteiger partial charge is 0.352 e. The number of benzene rings is 2. The van der Waals surface area contributed by atoms with Crippen molar-refractivity contribution in [3.8, 4) is 0 Å². The van der Waals surface area contributed by atoms with Gasteiger partial charge in [0.2, 0.25) is 21.8 Å². The molecule has 2 amide bonds. The van der Waals surface area contributed by atoms with E-state index < -0.39 is 28.5 Å². The zero-order valence-corrected chi connectivity index (χ0v) is 20.5. The van der Waals surface area contributed by atoms with E-state index in [0.29, 0.717) is 5.69 Å². The molecule has 0 unspecified atom stereocenters. The van der Waals surface area contributed by atoms with Gasteiger partial charge >= 0.3 is 0 Å². The van der Waals surface area contributed by atoms with Crippen LogP contribution in [0.2, 0.25) is 0 Å². The van der Waals surface area contributed by atoms with Crippen molar-refractivity contribution in [3.63, 3.8) is 0 Å². The van der Waals surface area contributed by atoms with Crippen LogP contribution in [0.5, 0.6) is 0 Å². The monoisotopic (exact) mass is 509 g/mol. The molecule has 0 aliphatic heterocycles. The third-order valence-electron chi connectivity index (χ3n) is 4.59. The maximum atomic E-state index is 13.3. The number of amides is 2. The van der Waals surface area contributed by atoms with Crippen molar-refractivity contribution >= 4 is 43.5 Å². The van der Waals surface area contributed by atoms with Gasteiger partial charge in [0.15, 0.2) is 0 Å². The van der Waals surface area contributed by atoms with Gasteiger partial charge in [-0.15, -0.1) is 0 Å². The SMILES string of the molecule is CC(C)NC(=O)[C@@H](C)N(Cc1ccc(Br)cc1)C(=O)CN(c1ccccc1)S(C)(=O)=O. The van der Waals surface area contributed by atoms with E-state index in [9.17, 15) is 18.0 Å². The van der Waals surface area contributed by atoms with Gasteiger partial charge in [-0.2, -0.15) is 0 Å². The molecular weight excluding hydrogens is 482 g/mol. The first kappa shape index (κ1) is 24.9. The second kappa shape index (κ2) is 10.8. The Morgan fingerprint density at radius 1 is 1.00 bits per heavy atom. The van der Waals surface area contributed by atoms with E-state index >= 15 is 0 Å². The molecular formula is C22H28BrN3O4S. The standard InChI is InChI=1S/C22H28BrN3O4S/c1-16(2)24-22(28)17(3)25(14-18-10-12-19(23)13-11-18)21(27)15-26(31(4,29)30)20-8-6-5-7-9-20/h5-13,16-17H,14-15H2,1-4H3,(H,24,28)/t17-/m1/s1. The van der Waals surface area contributed by atoms with Gasteiger partial charge in [-0.1, -0.05) is 46.3 Å². The molecule has 2 aromatic rings. The Labute approximate surface area is 192 Å². The number of rotatable bonds is 9. The lowest BCUT2D eigenvalue weighted by atomic mass is 10.1. The van der Waals surface area contributed by atoms with Crippen LogP contribution in [0, 0.1) is 0 Å². The first-order valence-corrected chi connectivity index (χ1v) is 12.5. The third-order valence-corrected chi connectivity index (χ3v) is 6.26. The third kappa shape index (κ3) is 7.36. The maximum absolute atomic E-state index is 13.3. The minimum absolute atomic E-state index is 0.0866. The Bertz CT molecular complexity index is 995. The predicted octanol–water partition coefficient (Wildman–Crippen LogP) is 3.16. The molecule has 0 saturated carbocycles. The van der Waals surface area contributed by atoms with E-state index in [-0.39, 0.29) is 18.5 Å². The summed E-state index contributed by atoms with van der Waals surface area (Å²) in [4.78, 5) is 27.4. The Kier molecular flexibility index (Phi) is 8.64. The topological polar surface area (TPSA) is 86.8 Å². The average molecular weight is 510 g/mol. The van der Waals surface area contributed by atoms with Gasteiger partial charge in [0, 0.05) is 17.1 Å². The molecule has 0 aliphatic rings. The number of anilines is 1. The van der Waals surface area contributed by atoms with Crippen LogP contribution >= 0.6 is 15.9 Å². The zero-order chi connectivity index (χ0) is 23.2.